The standard InChI is InChI=1S/C18H22N4O2S/c1-18(2,3)14(23)9-15-21-16(24)13(25-15)8-12-10-19-17(20-11-12)22-6-4-5-7-22/h8-11H,4-7H2,1-3H3,(H,21,24)/b13-8-,15-9+. The van der Waals surface area contributed by atoms with E-state index in [9.17, 15) is 9.59 Å². The zero-order valence-corrected chi connectivity index (χ0v) is 15.5. The number of carbonyl (C=O) groups is 1. The van der Waals surface area contributed by atoms with Gasteiger partial charge in [0.15, 0.2) is 5.78 Å². The quantitative estimate of drug-likeness (QED) is 0.887. The summed E-state index contributed by atoms with van der Waals surface area (Å²) in [5.41, 5.74) is 0.0925. The summed E-state index contributed by atoms with van der Waals surface area (Å²) in [6.45, 7) is 7.54. The molecule has 0 aliphatic carbocycles. The van der Waals surface area contributed by atoms with Gasteiger partial charge in [-0.3, -0.25) is 9.59 Å². The van der Waals surface area contributed by atoms with Gasteiger partial charge in [0.25, 0.3) is 5.56 Å². The summed E-state index contributed by atoms with van der Waals surface area (Å²) in [4.78, 5) is 37.8. The SMILES string of the molecule is CC(C)(C)C(=O)/C=c1\[nH]c(=O)/c(=C/c2cnc(N3CCCC3)nc2)s1. The molecule has 0 amide bonds. The number of aromatic nitrogens is 3. The molecule has 1 N–H and O–H groups in total. The van der Waals surface area contributed by atoms with Gasteiger partial charge >= 0.3 is 0 Å². The highest BCUT2D eigenvalue weighted by Gasteiger charge is 2.18. The zero-order chi connectivity index (χ0) is 18.0. The van der Waals surface area contributed by atoms with E-state index < -0.39 is 5.41 Å². The molecule has 1 saturated heterocycles. The van der Waals surface area contributed by atoms with Crippen LogP contribution in [0.25, 0.3) is 12.2 Å². The Morgan fingerprint density at radius 2 is 1.88 bits per heavy atom. The highest BCUT2D eigenvalue weighted by Crippen LogP contribution is 2.15. The minimum absolute atomic E-state index is 0.0187. The van der Waals surface area contributed by atoms with Crippen molar-refractivity contribution in [3.63, 3.8) is 0 Å². The summed E-state index contributed by atoms with van der Waals surface area (Å²) < 4.78 is 1.09. The molecule has 0 unspecified atom stereocenters. The van der Waals surface area contributed by atoms with Crippen molar-refractivity contribution >= 4 is 35.2 Å². The van der Waals surface area contributed by atoms with Gasteiger partial charge in [0.1, 0.15) is 0 Å². The van der Waals surface area contributed by atoms with Gasteiger partial charge in [-0.05, 0) is 18.9 Å². The van der Waals surface area contributed by atoms with Crippen molar-refractivity contribution in [1.82, 2.24) is 15.0 Å². The van der Waals surface area contributed by atoms with E-state index in [1.165, 1.54) is 30.3 Å². The monoisotopic (exact) mass is 358 g/mol. The Balaban J connectivity index is 1.88. The molecule has 2 aromatic rings. The second-order valence-electron chi connectivity index (χ2n) is 7.20. The van der Waals surface area contributed by atoms with Crippen molar-refractivity contribution < 1.29 is 4.79 Å². The Morgan fingerprint density at radius 1 is 1.24 bits per heavy atom. The van der Waals surface area contributed by atoms with Crippen LogP contribution in [0.15, 0.2) is 17.2 Å². The van der Waals surface area contributed by atoms with Crippen molar-refractivity contribution in [2.24, 2.45) is 5.41 Å². The fraction of sp³-hybridized carbons (Fsp3) is 0.444. The molecule has 3 rings (SSSR count). The predicted molar refractivity (Wildman–Crippen MR) is 100 cm³/mol. The second-order valence-corrected chi connectivity index (χ2v) is 8.28. The van der Waals surface area contributed by atoms with Gasteiger partial charge in [-0.25, -0.2) is 9.97 Å². The highest BCUT2D eigenvalue weighted by atomic mass is 32.1. The lowest BCUT2D eigenvalue weighted by atomic mass is 9.91. The van der Waals surface area contributed by atoms with Crippen LogP contribution in [0.2, 0.25) is 0 Å². The molecule has 0 atom stereocenters. The number of H-pyrrole nitrogens is 1. The van der Waals surface area contributed by atoms with Crippen LogP contribution in [0.4, 0.5) is 5.95 Å². The third kappa shape index (κ3) is 4.22. The minimum Gasteiger partial charge on any atom is -0.341 e. The number of aromatic amines is 1. The summed E-state index contributed by atoms with van der Waals surface area (Å²) in [7, 11) is 0. The lowest BCUT2D eigenvalue weighted by molar-refractivity contribution is -0.119. The van der Waals surface area contributed by atoms with Crippen molar-refractivity contribution in [3.8, 4) is 0 Å². The smallest absolute Gasteiger partial charge is 0.266 e. The van der Waals surface area contributed by atoms with E-state index in [2.05, 4.69) is 19.9 Å². The maximum absolute atomic E-state index is 12.1. The molecule has 0 bridgehead atoms. The molecule has 7 heteroatoms. The Bertz CT molecular complexity index is 929. The van der Waals surface area contributed by atoms with Crippen molar-refractivity contribution in [2.75, 3.05) is 18.0 Å². The topological polar surface area (TPSA) is 79.0 Å². The zero-order valence-electron chi connectivity index (χ0n) is 14.7. The Labute approximate surface area is 150 Å². The van der Waals surface area contributed by atoms with Gasteiger partial charge in [0.05, 0.1) is 9.20 Å². The first kappa shape index (κ1) is 17.5. The Morgan fingerprint density at radius 3 is 2.48 bits per heavy atom. The molecule has 3 heterocycles. The molecule has 0 spiro atoms. The maximum atomic E-state index is 12.1. The van der Waals surface area contributed by atoms with Crippen molar-refractivity contribution in [3.05, 3.63) is 37.5 Å². The number of ketones is 1. The van der Waals surface area contributed by atoms with Crippen LogP contribution in [-0.4, -0.2) is 33.8 Å². The fourth-order valence-electron chi connectivity index (χ4n) is 2.50. The molecular weight excluding hydrogens is 336 g/mol. The number of hydrogen-bond acceptors (Lipinski definition) is 6. The van der Waals surface area contributed by atoms with E-state index in [0.717, 1.165) is 24.6 Å². The number of anilines is 1. The molecule has 0 saturated carbocycles. The third-order valence-corrected chi connectivity index (χ3v) is 4.99. The van der Waals surface area contributed by atoms with E-state index in [1.807, 2.05) is 20.8 Å². The summed E-state index contributed by atoms with van der Waals surface area (Å²) >= 11 is 1.26. The summed E-state index contributed by atoms with van der Waals surface area (Å²) in [6, 6.07) is 0. The van der Waals surface area contributed by atoms with Crippen LogP contribution in [0.3, 0.4) is 0 Å². The lowest BCUT2D eigenvalue weighted by Gasteiger charge is -2.13. The number of carbonyl (C=O) groups excluding carboxylic acids is 1. The van der Waals surface area contributed by atoms with Crippen LogP contribution in [0, 0.1) is 5.41 Å². The average Bonchev–Trinajstić information content (AvgIpc) is 3.18. The van der Waals surface area contributed by atoms with Crippen molar-refractivity contribution in [1.29, 1.82) is 0 Å². The summed E-state index contributed by atoms with van der Waals surface area (Å²) in [5.74, 6) is 0.717. The first-order chi connectivity index (χ1) is 11.8. The Kier molecular flexibility index (Phi) is 4.85. The first-order valence-corrected chi connectivity index (χ1v) is 9.18. The predicted octanol–water partition coefficient (Wildman–Crippen LogP) is 1.05. The van der Waals surface area contributed by atoms with Gasteiger partial charge in [-0.1, -0.05) is 20.8 Å². The van der Waals surface area contributed by atoms with Crippen LogP contribution < -0.4 is 19.7 Å². The van der Waals surface area contributed by atoms with Crippen LogP contribution in [0.5, 0.6) is 0 Å². The van der Waals surface area contributed by atoms with Gasteiger partial charge in [0, 0.05) is 42.5 Å². The lowest BCUT2D eigenvalue weighted by Crippen LogP contribution is -2.22. The number of thiazole rings is 1. The Hall–Kier alpha value is -2.28. The number of nitrogens with one attached hydrogen (secondary N) is 1. The van der Waals surface area contributed by atoms with E-state index in [1.54, 1.807) is 18.5 Å². The summed E-state index contributed by atoms with van der Waals surface area (Å²) in [6.07, 6.45) is 9.04. The van der Waals surface area contributed by atoms with E-state index in [0.29, 0.717) is 9.20 Å². The van der Waals surface area contributed by atoms with Gasteiger partial charge in [-0.15, -0.1) is 11.3 Å². The van der Waals surface area contributed by atoms with Crippen LogP contribution in [0.1, 0.15) is 39.2 Å². The third-order valence-electron chi connectivity index (χ3n) is 4.03. The first-order valence-electron chi connectivity index (χ1n) is 8.37. The minimum atomic E-state index is -0.468. The van der Waals surface area contributed by atoms with E-state index in [-0.39, 0.29) is 11.3 Å². The largest absolute Gasteiger partial charge is 0.341 e. The van der Waals surface area contributed by atoms with Gasteiger partial charge < -0.3 is 9.88 Å². The van der Waals surface area contributed by atoms with E-state index in [4.69, 9.17) is 0 Å². The summed E-state index contributed by atoms with van der Waals surface area (Å²) in [5, 5.41) is 0. The number of nitrogens with zero attached hydrogens (tertiary/aromatic N) is 3. The fourth-order valence-corrected chi connectivity index (χ4v) is 3.38. The molecule has 0 aromatic carbocycles. The van der Waals surface area contributed by atoms with Gasteiger partial charge in [0.2, 0.25) is 5.95 Å². The van der Waals surface area contributed by atoms with Crippen molar-refractivity contribution in [2.45, 2.75) is 33.6 Å². The molecule has 1 aliphatic rings. The van der Waals surface area contributed by atoms with Gasteiger partial charge in [-0.2, -0.15) is 0 Å². The molecule has 25 heavy (non-hydrogen) atoms. The second kappa shape index (κ2) is 6.92. The molecule has 132 valence electrons. The molecule has 1 aliphatic heterocycles. The van der Waals surface area contributed by atoms with E-state index >= 15 is 0 Å². The van der Waals surface area contributed by atoms with Crippen LogP contribution in [-0.2, 0) is 4.79 Å². The molecule has 0 radical (unpaired) electrons. The maximum Gasteiger partial charge on any atom is 0.266 e. The average molecular weight is 358 g/mol. The molecule has 6 nitrogen and oxygen atoms in total. The number of rotatable bonds is 3. The van der Waals surface area contributed by atoms with Crippen LogP contribution >= 0.6 is 11.3 Å². The normalized spacial score (nSPS) is 16.7. The molecule has 1 fully saturated rings. The number of hydrogen-bond donors (Lipinski definition) is 1. The molecule has 2 aromatic heterocycles. The molecular formula is C18H22N4O2S. The number of Topliss-reactive ketones (excluding diaryl/α,β-unsaturated/α-hetero) is 1. The highest BCUT2D eigenvalue weighted by molar-refractivity contribution is 7.07.